The number of fused-ring (bicyclic) bond motifs is 2. The highest BCUT2D eigenvalue weighted by Gasteiger charge is 2.55. The highest BCUT2D eigenvalue weighted by Crippen LogP contribution is 2.42. The van der Waals surface area contributed by atoms with Crippen molar-refractivity contribution in [3.8, 4) is 11.5 Å². The molecule has 1 amide bonds. The normalized spacial score (nSPS) is 15.8. The Hall–Kier alpha value is -4.00. The molecule has 0 saturated carbocycles. The van der Waals surface area contributed by atoms with Crippen LogP contribution in [0.3, 0.4) is 0 Å². The zero-order chi connectivity index (χ0) is 27.7. The Bertz CT molecular complexity index is 1480. The van der Waals surface area contributed by atoms with Gasteiger partial charge >= 0.3 is 7.11 Å². The summed E-state index contributed by atoms with van der Waals surface area (Å²) in [6.45, 7) is 1.87. The Morgan fingerprint density at radius 1 is 1.23 bits per heavy atom. The molecule has 204 valence electrons. The first-order valence-corrected chi connectivity index (χ1v) is 13.1. The van der Waals surface area contributed by atoms with Gasteiger partial charge in [-0.2, -0.15) is 0 Å². The molecule has 0 radical (unpaired) electrons. The Morgan fingerprint density at radius 3 is 2.74 bits per heavy atom. The lowest BCUT2D eigenvalue weighted by molar-refractivity contribution is -0.184. The van der Waals surface area contributed by atoms with E-state index in [2.05, 4.69) is 15.3 Å². The highest BCUT2D eigenvalue weighted by atomic mass is 32.1. The summed E-state index contributed by atoms with van der Waals surface area (Å²) < 4.78 is 50.5. The molecule has 9 nitrogen and oxygen atoms in total. The van der Waals surface area contributed by atoms with Crippen LogP contribution in [0.25, 0.3) is 5.76 Å². The number of halogens is 2. The van der Waals surface area contributed by atoms with Crippen LogP contribution >= 0.6 is 11.3 Å². The van der Waals surface area contributed by atoms with Gasteiger partial charge in [-0.25, -0.2) is 9.97 Å². The van der Waals surface area contributed by atoms with Crippen molar-refractivity contribution in [3.05, 3.63) is 63.8 Å². The molecule has 13 heteroatoms. The molecule has 0 bridgehead atoms. The zero-order valence-corrected chi connectivity index (χ0v) is 22.7. The van der Waals surface area contributed by atoms with Crippen molar-refractivity contribution in [2.75, 3.05) is 31.5 Å². The number of pyridine rings is 1. The van der Waals surface area contributed by atoms with Gasteiger partial charge in [0.05, 0.1) is 35.9 Å². The van der Waals surface area contributed by atoms with E-state index in [-0.39, 0.29) is 17.4 Å². The predicted molar refractivity (Wildman–Crippen MR) is 146 cm³/mol. The quantitative estimate of drug-likeness (QED) is 0.323. The van der Waals surface area contributed by atoms with Crippen molar-refractivity contribution in [1.29, 1.82) is 0 Å². The molecule has 1 aliphatic carbocycles. The van der Waals surface area contributed by atoms with Gasteiger partial charge in [-0.15, -0.1) is 0 Å². The summed E-state index contributed by atoms with van der Waals surface area (Å²) in [5, 5.41) is 2.97. The fraction of sp³-hybridized carbons (Fsp3) is 0.308. The third kappa shape index (κ3) is 5.58. The first-order valence-electron chi connectivity index (χ1n) is 12.3. The number of ketones is 1. The number of carbonyl (C=O) groups excluding carboxylic acids is 2. The summed E-state index contributed by atoms with van der Waals surface area (Å²) >= 11 is 1.11. The second kappa shape index (κ2) is 10.6. The van der Waals surface area contributed by atoms with Crippen molar-refractivity contribution in [3.63, 3.8) is 0 Å². The SMILES string of the molecule is COc1ccc(CN(C)c2ccc(C3=[O+][B-](F)(F)OC4=C3CCCc3nc(NC(C)=O)sc34)cn2)c(OC)c1. The first-order chi connectivity index (χ1) is 18.7. The van der Waals surface area contributed by atoms with Gasteiger partial charge in [-0.05, 0) is 43.5 Å². The smallest absolute Gasteiger partial charge is 0.568 e. The monoisotopic (exact) mass is 556 g/mol. The minimum absolute atomic E-state index is 0.0436. The molecule has 0 fully saturated rings. The molecule has 0 unspecified atom stereocenters. The van der Waals surface area contributed by atoms with E-state index in [1.54, 1.807) is 26.4 Å². The Balaban J connectivity index is 1.44. The fourth-order valence-electron chi connectivity index (χ4n) is 4.60. The topological polar surface area (TPSA) is 97.1 Å². The summed E-state index contributed by atoms with van der Waals surface area (Å²) in [6.07, 6.45) is 3.20. The number of rotatable bonds is 7. The largest absolute Gasteiger partial charge is 0.995 e. The fourth-order valence-corrected chi connectivity index (χ4v) is 5.68. The maximum atomic E-state index is 14.8. The van der Waals surface area contributed by atoms with Gasteiger partial charge in [0.15, 0.2) is 5.13 Å². The number of ether oxygens (including phenoxy) is 2. The van der Waals surface area contributed by atoms with E-state index in [0.29, 0.717) is 70.0 Å². The van der Waals surface area contributed by atoms with Crippen LogP contribution in [-0.4, -0.2) is 50.0 Å². The van der Waals surface area contributed by atoms with Crippen LogP contribution in [0.5, 0.6) is 11.5 Å². The Labute approximate surface area is 228 Å². The number of methoxy groups -OCH3 is 2. The van der Waals surface area contributed by atoms with Crippen molar-refractivity contribution in [2.45, 2.75) is 32.7 Å². The maximum absolute atomic E-state index is 14.8. The van der Waals surface area contributed by atoms with Crippen molar-refractivity contribution in [2.24, 2.45) is 0 Å². The molecule has 0 spiro atoms. The van der Waals surface area contributed by atoms with E-state index in [0.717, 1.165) is 16.9 Å². The van der Waals surface area contributed by atoms with Crippen LogP contribution in [0.1, 0.15) is 45.8 Å². The number of benzene rings is 1. The maximum Gasteiger partial charge on any atom is 0.995 e. The third-order valence-electron chi connectivity index (χ3n) is 6.39. The number of amides is 1. The highest BCUT2D eigenvalue weighted by molar-refractivity contribution is 7.17. The van der Waals surface area contributed by atoms with Crippen molar-refractivity contribution >= 4 is 46.8 Å². The van der Waals surface area contributed by atoms with Gasteiger partial charge in [0, 0.05) is 38.3 Å². The van der Waals surface area contributed by atoms with Gasteiger partial charge < -0.3 is 37.3 Å². The molecule has 2 aromatic heterocycles. The summed E-state index contributed by atoms with van der Waals surface area (Å²) in [4.78, 5) is 22.9. The molecular formula is C26H27BF2N4O5S. The van der Waals surface area contributed by atoms with Crippen LogP contribution in [0.4, 0.5) is 19.6 Å². The Morgan fingerprint density at radius 2 is 2.05 bits per heavy atom. The lowest BCUT2D eigenvalue weighted by Crippen LogP contribution is -2.33. The number of nitrogens with zero attached hydrogens (tertiary/aromatic N) is 3. The number of carbonyl (C=O) groups is 1. The molecule has 5 rings (SSSR count). The zero-order valence-electron chi connectivity index (χ0n) is 21.9. The van der Waals surface area contributed by atoms with Crippen LogP contribution < -0.4 is 19.7 Å². The van der Waals surface area contributed by atoms with E-state index >= 15 is 0 Å². The van der Waals surface area contributed by atoms with Crippen LogP contribution in [0, 0.1) is 0 Å². The van der Waals surface area contributed by atoms with Crippen molar-refractivity contribution < 1.29 is 31.9 Å². The van der Waals surface area contributed by atoms with E-state index in [9.17, 15) is 13.4 Å². The molecule has 0 saturated heterocycles. The van der Waals surface area contributed by atoms with Gasteiger partial charge in [-0.3, -0.25) is 4.79 Å². The number of nitrogens with one attached hydrogen (secondary N) is 1. The minimum Gasteiger partial charge on any atom is -0.568 e. The number of aryl methyl sites for hydroxylation is 1. The number of anilines is 2. The number of allylic oxidation sites excluding steroid dienone is 1. The average molecular weight is 556 g/mol. The van der Waals surface area contributed by atoms with Crippen LogP contribution in [0.2, 0.25) is 0 Å². The standard InChI is InChI=1S/C26H27BF2N4O5S/c1-15(34)31-26-32-20-7-5-6-19-23(37-27(28,29)38-24(19)25(20)39-26)16-9-11-22(30-13-16)33(2)14-17-8-10-18(35-3)12-21(17)36-4/h8-13H,5-7,14H2,1-4H3,(H,31,32,34). The molecule has 1 N–H and O–H groups in total. The molecule has 1 aliphatic heterocycles. The number of hydrogen-bond acceptors (Lipinski definition) is 8. The van der Waals surface area contributed by atoms with Crippen LogP contribution in [0.15, 0.2) is 42.1 Å². The molecule has 0 atom stereocenters. The summed E-state index contributed by atoms with van der Waals surface area (Å²) in [7, 11) is 0.449. The lowest BCUT2D eigenvalue weighted by atomic mass is 9.96. The summed E-state index contributed by atoms with van der Waals surface area (Å²) in [5.74, 6) is 1.82. The van der Waals surface area contributed by atoms with E-state index in [1.807, 2.05) is 30.1 Å². The molecule has 39 heavy (non-hydrogen) atoms. The molecule has 1 aromatic carbocycles. The minimum atomic E-state index is -4.62. The number of aromatic nitrogens is 2. The summed E-state index contributed by atoms with van der Waals surface area (Å²) in [6, 6.07) is 9.06. The number of thiazole rings is 1. The van der Waals surface area contributed by atoms with Gasteiger partial charge in [0.25, 0.3) is 5.78 Å². The van der Waals surface area contributed by atoms with E-state index in [1.165, 1.54) is 13.1 Å². The molecule has 2 aliphatic rings. The predicted octanol–water partition coefficient (Wildman–Crippen LogP) is 5.02. The van der Waals surface area contributed by atoms with Crippen LogP contribution in [-0.2, 0) is 22.4 Å². The second-order valence-electron chi connectivity index (χ2n) is 9.18. The second-order valence-corrected chi connectivity index (χ2v) is 10.2. The molecule has 3 aromatic rings. The van der Waals surface area contributed by atoms with E-state index < -0.39 is 7.11 Å². The first kappa shape index (κ1) is 26.6. The molecule has 3 heterocycles. The van der Waals surface area contributed by atoms with E-state index in [4.69, 9.17) is 18.5 Å². The third-order valence-corrected chi connectivity index (χ3v) is 7.40. The number of hydrogen-bond donors (Lipinski definition) is 1. The summed E-state index contributed by atoms with van der Waals surface area (Å²) in [5.41, 5.74) is 2.50. The van der Waals surface area contributed by atoms with Gasteiger partial charge in [0.2, 0.25) is 5.91 Å². The van der Waals surface area contributed by atoms with Crippen molar-refractivity contribution in [1.82, 2.24) is 9.97 Å². The lowest BCUT2D eigenvalue weighted by Gasteiger charge is -2.23. The Kier molecular flexibility index (Phi) is 7.26. The van der Waals surface area contributed by atoms with Gasteiger partial charge in [0.1, 0.15) is 23.1 Å². The average Bonchev–Trinajstić information content (AvgIpc) is 3.22. The van der Waals surface area contributed by atoms with Gasteiger partial charge in [-0.1, -0.05) is 11.3 Å². The molecular weight excluding hydrogens is 529 g/mol.